The van der Waals surface area contributed by atoms with Gasteiger partial charge in [-0.3, -0.25) is 0 Å². The number of hydrogen-bond acceptors (Lipinski definition) is 4. The normalized spacial score (nSPS) is 20.5. The average Bonchev–Trinajstić information content (AvgIpc) is 2.94. The Balaban J connectivity index is 1.78. The summed E-state index contributed by atoms with van der Waals surface area (Å²) < 4.78 is 5.27. The fourth-order valence-electron chi connectivity index (χ4n) is 2.09. The molecule has 110 valence electrons. The molecule has 7 heteroatoms. The van der Waals surface area contributed by atoms with Crippen molar-refractivity contribution in [3.8, 4) is 6.07 Å². The lowest BCUT2D eigenvalue weighted by molar-refractivity contribution is -0.149. The van der Waals surface area contributed by atoms with E-state index in [1.165, 1.54) is 0 Å². The number of benzene rings is 1. The predicted molar refractivity (Wildman–Crippen MR) is 73.7 cm³/mol. The molecule has 1 saturated heterocycles. The lowest BCUT2D eigenvalue weighted by atomic mass is 10.2. The Morgan fingerprint density at radius 3 is 2.90 bits per heavy atom. The molecule has 21 heavy (non-hydrogen) atoms. The van der Waals surface area contributed by atoms with Crippen LogP contribution in [0.25, 0.3) is 0 Å². The number of carbonyl (C=O) groups excluding carboxylic acids is 1. The quantitative estimate of drug-likeness (QED) is 0.773. The first-order valence-electron chi connectivity index (χ1n) is 6.52. The maximum absolute atomic E-state index is 11.7. The minimum atomic E-state index is -0.977. The Morgan fingerprint density at radius 2 is 2.24 bits per heavy atom. The van der Waals surface area contributed by atoms with Crippen LogP contribution in [0.5, 0.6) is 0 Å². The van der Waals surface area contributed by atoms with E-state index in [0.29, 0.717) is 24.1 Å². The Labute approximate surface area is 121 Å². The highest BCUT2D eigenvalue weighted by Gasteiger charge is 2.30. The molecule has 0 spiro atoms. The number of anilines is 1. The maximum Gasteiger partial charge on any atom is 0.332 e. The predicted octanol–water partition coefficient (Wildman–Crippen LogP) is 1.31. The summed E-state index contributed by atoms with van der Waals surface area (Å²) in [5.74, 6) is -0.977. The molecule has 3 N–H and O–H groups in total. The van der Waals surface area contributed by atoms with Gasteiger partial charge in [-0.05, 0) is 31.0 Å². The van der Waals surface area contributed by atoms with E-state index in [-0.39, 0.29) is 12.6 Å². The SMILES string of the molecule is N#Cc1cccc(NC(=O)NCC2CCC(C(=O)O)O2)c1. The van der Waals surface area contributed by atoms with Crippen LogP contribution in [0.1, 0.15) is 18.4 Å². The van der Waals surface area contributed by atoms with Crippen LogP contribution in [0.15, 0.2) is 24.3 Å². The lowest BCUT2D eigenvalue weighted by Crippen LogP contribution is -2.35. The highest BCUT2D eigenvalue weighted by atomic mass is 16.5. The number of nitrogens with zero attached hydrogens (tertiary/aromatic N) is 1. The largest absolute Gasteiger partial charge is 0.479 e. The second kappa shape index (κ2) is 6.72. The highest BCUT2D eigenvalue weighted by Crippen LogP contribution is 2.19. The van der Waals surface area contributed by atoms with Crippen molar-refractivity contribution in [2.45, 2.75) is 25.0 Å². The third-order valence-electron chi connectivity index (χ3n) is 3.12. The number of nitrogens with one attached hydrogen (secondary N) is 2. The summed E-state index contributed by atoms with van der Waals surface area (Å²) >= 11 is 0. The van der Waals surface area contributed by atoms with Crippen molar-refractivity contribution in [3.63, 3.8) is 0 Å². The van der Waals surface area contributed by atoms with Gasteiger partial charge in [0.05, 0.1) is 17.7 Å². The van der Waals surface area contributed by atoms with Crippen LogP contribution in [0.3, 0.4) is 0 Å². The van der Waals surface area contributed by atoms with Crippen molar-refractivity contribution >= 4 is 17.7 Å². The molecular formula is C14H15N3O4. The van der Waals surface area contributed by atoms with Crippen molar-refractivity contribution in [2.24, 2.45) is 0 Å². The van der Waals surface area contributed by atoms with E-state index in [9.17, 15) is 9.59 Å². The summed E-state index contributed by atoms with van der Waals surface area (Å²) in [5, 5.41) is 22.8. The molecule has 2 unspecified atom stereocenters. The Bertz CT molecular complexity index is 582. The molecule has 1 aromatic rings. The molecule has 1 heterocycles. The molecule has 1 aromatic carbocycles. The van der Waals surface area contributed by atoms with Crippen molar-refractivity contribution < 1.29 is 19.4 Å². The van der Waals surface area contributed by atoms with E-state index in [0.717, 1.165) is 0 Å². The monoisotopic (exact) mass is 289 g/mol. The number of rotatable bonds is 4. The molecule has 2 amide bonds. The molecule has 0 aliphatic carbocycles. The fraction of sp³-hybridized carbons (Fsp3) is 0.357. The molecule has 0 bridgehead atoms. The zero-order chi connectivity index (χ0) is 15.2. The average molecular weight is 289 g/mol. The van der Waals surface area contributed by atoms with E-state index >= 15 is 0 Å². The highest BCUT2D eigenvalue weighted by molar-refractivity contribution is 5.89. The van der Waals surface area contributed by atoms with Gasteiger partial charge in [0, 0.05) is 12.2 Å². The molecule has 0 aromatic heterocycles. The second-order valence-corrected chi connectivity index (χ2v) is 4.69. The third-order valence-corrected chi connectivity index (χ3v) is 3.12. The van der Waals surface area contributed by atoms with E-state index < -0.39 is 18.1 Å². The van der Waals surface area contributed by atoms with Gasteiger partial charge < -0.3 is 20.5 Å². The summed E-state index contributed by atoms with van der Waals surface area (Å²) in [6.07, 6.45) is -0.0243. The number of carbonyl (C=O) groups is 2. The van der Waals surface area contributed by atoms with Crippen LogP contribution in [0.2, 0.25) is 0 Å². The Morgan fingerprint density at radius 1 is 1.43 bits per heavy atom. The summed E-state index contributed by atoms with van der Waals surface area (Å²) in [7, 11) is 0. The number of hydrogen-bond donors (Lipinski definition) is 3. The number of amides is 2. The van der Waals surface area contributed by atoms with Gasteiger partial charge in [-0.1, -0.05) is 6.07 Å². The first kappa shape index (κ1) is 14.8. The standard InChI is InChI=1S/C14H15N3O4/c15-7-9-2-1-3-10(6-9)17-14(20)16-8-11-4-5-12(21-11)13(18)19/h1-3,6,11-12H,4-5,8H2,(H,18,19)(H2,16,17,20). The number of urea groups is 1. The number of ether oxygens (including phenoxy) is 1. The number of carboxylic acid groups (broad SMARTS) is 1. The molecule has 0 saturated carbocycles. The van der Waals surface area contributed by atoms with Gasteiger partial charge in [-0.25, -0.2) is 9.59 Å². The van der Waals surface area contributed by atoms with Crippen molar-refractivity contribution in [2.75, 3.05) is 11.9 Å². The van der Waals surface area contributed by atoms with Crippen LogP contribution in [-0.2, 0) is 9.53 Å². The van der Waals surface area contributed by atoms with Crippen molar-refractivity contribution in [1.29, 1.82) is 5.26 Å². The molecule has 0 radical (unpaired) electrons. The maximum atomic E-state index is 11.7. The summed E-state index contributed by atoms with van der Waals surface area (Å²) in [4.78, 5) is 22.4. The van der Waals surface area contributed by atoms with Crippen LogP contribution < -0.4 is 10.6 Å². The zero-order valence-corrected chi connectivity index (χ0v) is 11.2. The summed E-state index contributed by atoms with van der Waals surface area (Å²) in [5.41, 5.74) is 0.971. The van der Waals surface area contributed by atoms with Crippen molar-refractivity contribution in [3.05, 3.63) is 29.8 Å². The minimum Gasteiger partial charge on any atom is -0.479 e. The van der Waals surface area contributed by atoms with Gasteiger partial charge in [0.15, 0.2) is 6.10 Å². The molecular weight excluding hydrogens is 274 g/mol. The first-order chi connectivity index (χ1) is 10.1. The summed E-state index contributed by atoms with van der Waals surface area (Å²) in [6, 6.07) is 8.11. The topological polar surface area (TPSA) is 111 Å². The Kier molecular flexibility index (Phi) is 4.74. The fourth-order valence-corrected chi connectivity index (χ4v) is 2.09. The number of nitriles is 1. The van der Waals surface area contributed by atoms with Crippen LogP contribution in [0.4, 0.5) is 10.5 Å². The van der Waals surface area contributed by atoms with Gasteiger partial charge in [0.25, 0.3) is 0 Å². The number of carboxylic acids is 1. The Hall–Kier alpha value is -2.59. The van der Waals surface area contributed by atoms with Crippen LogP contribution in [0, 0.1) is 11.3 Å². The van der Waals surface area contributed by atoms with E-state index in [2.05, 4.69) is 10.6 Å². The zero-order valence-electron chi connectivity index (χ0n) is 11.2. The van der Waals surface area contributed by atoms with E-state index in [4.69, 9.17) is 15.1 Å². The molecule has 2 rings (SSSR count). The molecule has 1 aliphatic heterocycles. The third kappa shape index (κ3) is 4.19. The lowest BCUT2D eigenvalue weighted by Gasteiger charge is -2.13. The minimum absolute atomic E-state index is 0.244. The van der Waals surface area contributed by atoms with Gasteiger partial charge in [-0.15, -0.1) is 0 Å². The van der Waals surface area contributed by atoms with Crippen LogP contribution >= 0.6 is 0 Å². The first-order valence-corrected chi connectivity index (χ1v) is 6.52. The molecule has 1 aliphatic rings. The van der Waals surface area contributed by atoms with Crippen LogP contribution in [-0.4, -0.2) is 35.9 Å². The molecule has 1 fully saturated rings. The second-order valence-electron chi connectivity index (χ2n) is 4.69. The number of aliphatic carboxylic acids is 1. The van der Waals surface area contributed by atoms with E-state index in [1.54, 1.807) is 24.3 Å². The van der Waals surface area contributed by atoms with Gasteiger partial charge in [0.1, 0.15) is 0 Å². The van der Waals surface area contributed by atoms with E-state index in [1.807, 2.05) is 6.07 Å². The van der Waals surface area contributed by atoms with Gasteiger partial charge in [0.2, 0.25) is 0 Å². The molecule has 2 atom stereocenters. The molecule has 7 nitrogen and oxygen atoms in total. The van der Waals surface area contributed by atoms with Gasteiger partial charge in [-0.2, -0.15) is 5.26 Å². The smallest absolute Gasteiger partial charge is 0.332 e. The van der Waals surface area contributed by atoms with Crippen molar-refractivity contribution in [1.82, 2.24) is 5.32 Å². The van der Waals surface area contributed by atoms with Gasteiger partial charge >= 0.3 is 12.0 Å². The summed E-state index contributed by atoms with van der Waals surface area (Å²) in [6.45, 7) is 0.244.